The summed E-state index contributed by atoms with van der Waals surface area (Å²) in [5, 5.41) is 29.8. The number of aliphatic hydroxyl groups excluding tert-OH is 2. The third kappa shape index (κ3) is 8.17. The van der Waals surface area contributed by atoms with Crippen LogP contribution in [-0.4, -0.2) is 64.2 Å². The van der Waals surface area contributed by atoms with Gasteiger partial charge in [0.25, 0.3) is 0 Å². The Morgan fingerprint density at radius 1 is 1.41 bits per heavy atom. The number of thioether (sulfide) groups is 2. The van der Waals surface area contributed by atoms with Crippen LogP contribution >= 0.6 is 50.8 Å². The fraction of sp³-hybridized carbons (Fsp3) is 0.565. The second kappa shape index (κ2) is 14.2. The molecule has 3 N–H and O–H groups in total. The number of allylic oxidation sites excluding steroid dienone is 2. The third-order valence-electron chi connectivity index (χ3n) is 5.67. The van der Waals surface area contributed by atoms with Gasteiger partial charge in [-0.25, -0.2) is 0 Å². The van der Waals surface area contributed by atoms with E-state index in [4.69, 9.17) is 5.11 Å². The predicted molar refractivity (Wildman–Crippen MR) is 145 cm³/mol. The molecule has 176 valence electrons. The summed E-state index contributed by atoms with van der Waals surface area (Å²) in [6, 6.07) is 0. The first kappa shape index (κ1) is 27.9. The van der Waals surface area contributed by atoms with Crippen LogP contribution in [0.3, 0.4) is 0 Å². The van der Waals surface area contributed by atoms with Crippen molar-refractivity contribution in [1.29, 1.82) is 0 Å². The first-order valence-electron chi connectivity index (χ1n) is 10.8. The molecule has 0 radical (unpaired) electrons. The number of aliphatic carboxylic acids is 1. The van der Waals surface area contributed by atoms with Crippen molar-refractivity contribution in [2.45, 2.75) is 49.5 Å². The summed E-state index contributed by atoms with van der Waals surface area (Å²) < 4.78 is 2.44. The summed E-state index contributed by atoms with van der Waals surface area (Å²) in [5.74, 6) is 2.81. The summed E-state index contributed by atoms with van der Waals surface area (Å²) in [7, 11) is 3.94. The summed E-state index contributed by atoms with van der Waals surface area (Å²) in [6.07, 6.45) is 9.33. The molecule has 0 spiro atoms. The molecule has 1 aliphatic carbocycles. The quantitative estimate of drug-likeness (QED) is 0.143. The molecule has 2 rings (SSSR count). The first-order valence-corrected chi connectivity index (χ1v) is 14.5. The molecule has 9 heteroatoms. The molecule has 1 fully saturated rings. The van der Waals surface area contributed by atoms with E-state index in [1.807, 2.05) is 24.2 Å². The van der Waals surface area contributed by atoms with E-state index in [-0.39, 0.29) is 23.5 Å². The first-order chi connectivity index (χ1) is 15.3. The van der Waals surface area contributed by atoms with Crippen LogP contribution in [-0.2, 0) is 11.2 Å². The zero-order valence-corrected chi connectivity index (χ0v) is 22.6. The van der Waals surface area contributed by atoms with E-state index in [1.54, 1.807) is 23.1 Å². The minimum absolute atomic E-state index is 0.0671. The van der Waals surface area contributed by atoms with Gasteiger partial charge in [0.2, 0.25) is 0 Å². The fourth-order valence-corrected chi connectivity index (χ4v) is 8.09. The van der Waals surface area contributed by atoms with E-state index in [9.17, 15) is 15.0 Å². The predicted octanol–water partition coefficient (Wildman–Crippen LogP) is 4.47. The van der Waals surface area contributed by atoms with Gasteiger partial charge in [0.05, 0.1) is 0 Å². The van der Waals surface area contributed by atoms with Crippen LogP contribution < -0.4 is 0 Å². The summed E-state index contributed by atoms with van der Waals surface area (Å²) in [4.78, 5) is 11.8. The van der Waals surface area contributed by atoms with Crippen molar-refractivity contribution in [2.24, 2.45) is 17.8 Å². The van der Waals surface area contributed by atoms with Gasteiger partial charge in [-0.1, -0.05) is 0 Å². The van der Waals surface area contributed by atoms with E-state index in [1.165, 1.54) is 30.9 Å². The number of rotatable bonds is 13. The molecule has 5 atom stereocenters. The molecule has 1 heterocycles. The average Bonchev–Trinajstić information content (AvgIpc) is 3.21. The second-order valence-corrected chi connectivity index (χ2v) is 12.3. The SMILES string of the molecule is B=C[C@@H]1CC(O)[C@H](C/C=C\CSCC(=O)O)[C@H]1/C=C/[C@@H](O)CSc1sc(C)c(Br)c1CC. The number of halogens is 1. The number of thiophene rings is 1. The molecule has 1 aromatic heterocycles. The number of carboxylic acids is 1. The van der Waals surface area contributed by atoms with Gasteiger partial charge in [0.1, 0.15) is 0 Å². The minimum atomic E-state index is -0.807. The van der Waals surface area contributed by atoms with Crippen molar-refractivity contribution in [3.63, 3.8) is 0 Å². The molecule has 0 bridgehead atoms. The number of aliphatic hydroxyl groups is 2. The van der Waals surface area contributed by atoms with E-state index in [0.717, 1.165) is 12.8 Å². The van der Waals surface area contributed by atoms with Crippen molar-refractivity contribution >= 4 is 70.2 Å². The van der Waals surface area contributed by atoms with Crippen LogP contribution in [0.1, 0.15) is 30.2 Å². The molecular formula is C23H32BBrO4S3. The molecule has 0 aliphatic heterocycles. The molecule has 1 aliphatic rings. The fourth-order valence-electron chi connectivity index (χ4n) is 4.01. The summed E-state index contributed by atoms with van der Waals surface area (Å²) >= 11 is 8.48. The van der Waals surface area contributed by atoms with Crippen molar-refractivity contribution in [3.05, 3.63) is 39.2 Å². The maximum absolute atomic E-state index is 10.6. The van der Waals surface area contributed by atoms with E-state index in [0.29, 0.717) is 17.9 Å². The van der Waals surface area contributed by atoms with Gasteiger partial charge >= 0.3 is 214 Å². The topological polar surface area (TPSA) is 77.8 Å². The standard InChI is InChI=1S/C23H32BBrO4S3/c1-3-17-22(25)14(2)32-23(17)31-12-16(26)7-8-18-15(11-24)10-20(27)19(18)6-4-5-9-30-13-21(28)29/h4-5,7-8,11,15-16,18-20,24,26-27H,3,6,9-10,12-13H2,1-2H3,(H,28,29)/b5-4-,8-7+/t15-,16+,18-,19+,20?/m0/s1. The van der Waals surface area contributed by atoms with Gasteiger partial charge in [-0.15, -0.1) is 0 Å². The summed E-state index contributed by atoms with van der Waals surface area (Å²) in [6.45, 7) is 4.25. The molecule has 1 aromatic rings. The van der Waals surface area contributed by atoms with E-state index in [2.05, 4.69) is 43.3 Å². The zero-order valence-electron chi connectivity index (χ0n) is 18.6. The third-order valence-corrected chi connectivity index (χ3v) is 10.5. The molecule has 0 aromatic carbocycles. The Morgan fingerprint density at radius 2 is 2.16 bits per heavy atom. The van der Waals surface area contributed by atoms with Crippen molar-refractivity contribution in [1.82, 2.24) is 0 Å². The molecule has 0 saturated heterocycles. The van der Waals surface area contributed by atoms with Crippen LogP contribution in [0, 0.1) is 24.7 Å². The second-order valence-electron chi connectivity index (χ2n) is 7.91. The Kier molecular flexibility index (Phi) is 12.4. The zero-order chi connectivity index (χ0) is 23.7. The molecule has 1 unspecified atom stereocenters. The van der Waals surface area contributed by atoms with Gasteiger partial charge < -0.3 is 0 Å². The van der Waals surface area contributed by atoms with Crippen molar-refractivity contribution in [3.8, 4) is 0 Å². The molecule has 4 nitrogen and oxygen atoms in total. The van der Waals surface area contributed by atoms with Crippen LogP contribution in [0.2, 0.25) is 0 Å². The number of aryl methyl sites for hydroxylation is 1. The van der Waals surface area contributed by atoms with Gasteiger partial charge in [-0.05, 0) is 0 Å². The number of carboxylic acid groups (broad SMARTS) is 1. The van der Waals surface area contributed by atoms with Gasteiger partial charge in [0, 0.05) is 0 Å². The van der Waals surface area contributed by atoms with Gasteiger partial charge in [0.15, 0.2) is 0 Å². The van der Waals surface area contributed by atoms with Crippen LogP contribution in [0.25, 0.3) is 0 Å². The van der Waals surface area contributed by atoms with E-state index < -0.39 is 18.2 Å². The monoisotopic (exact) mass is 558 g/mol. The van der Waals surface area contributed by atoms with Crippen LogP contribution in [0.4, 0.5) is 0 Å². The average molecular weight is 559 g/mol. The Bertz CT molecular complexity index is 826. The Balaban J connectivity index is 1.94. The van der Waals surface area contributed by atoms with Crippen molar-refractivity contribution in [2.75, 3.05) is 17.3 Å². The molecular weight excluding hydrogens is 527 g/mol. The molecule has 1 saturated carbocycles. The van der Waals surface area contributed by atoms with Crippen molar-refractivity contribution < 1.29 is 20.1 Å². The van der Waals surface area contributed by atoms with Gasteiger partial charge in [-0.3, -0.25) is 0 Å². The Hall–Kier alpha value is -0.315. The van der Waals surface area contributed by atoms with E-state index >= 15 is 0 Å². The van der Waals surface area contributed by atoms with Gasteiger partial charge in [-0.2, -0.15) is 0 Å². The number of hydrogen-bond acceptors (Lipinski definition) is 6. The maximum atomic E-state index is 10.6. The molecule has 32 heavy (non-hydrogen) atoms. The van der Waals surface area contributed by atoms with Crippen LogP contribution in [0.5, 0.6) is 0 Å². The normalized spacial score (nSPS) is 24.5. The Labute approximate surface area is 213 Å². The number of hydrogen-bond donors (Lipinski definition) is 3. The van der Waals surface area contributed by atoms with Crippen LogP contribution in [0.15, 0.2) is 33.0 Å². The summed E-state index contributed by atoms with van der Waals surface area (Å²) in [5.41, 5.74) is 1.31. The number of carbonyl (C=O) groups is 1. The molecule has 0 amide bonds. The Morgan fingerprint density at radius 3 is 2.81 bits per heavy atom.